The van der Waals surface area contributed by atoms with Crippen molar-refractivity contribution in [1.29, 1.82) is 0 Å². The molecule has 1 amide bonds. The van der Waals surface area contributed by atoms with Crippen LogP contribution in [0.4, 0.5) is 0 Å². The summed E-state index contributed by atoms with van der Waals surface area (Å²) in [6.45, 7) is -0.194. The molecule has 32 heavy (non-hydrogen) atoms. The molecule has 2 aromatic carbocycles. The minimum atomic E-state index is -3.70. The van der Waals surface area contributed by atoms with Crippen LogP contribution >= 0.6 is 0 Å². The van der Waals surface area contributed by atoms with Crippen molar-refractivity contribution in [2.75, 3.05) is 6.61 Å². The number of hydrogen-bond donors (Lipinski definition) is 3. The van der Waals surface area contributed by atoms with Gasteiger partial charge in [-0.3, -0.25) is 4.79 Å². The molecule has 0 aliphatic heterocycles. The molecule has 0 unspecified atom stereocenters. The highest BCUT2D eigenvalue weighted by Crippen LogP contribution is 2.47. The van der Waals surface area contributed by atoms with E-state index in [1.54, 1.807) is 18.2 Å². The van der Waals surface area contributed by atoms with Gasteiger partial charge in [0.15, 0.2) is 0 Å². The van der Waals surface area contributed by atoms with Crippen LogP contribution in [-0.2, 0) is 21.9 Å². The predicted octanol–water partition coefficient (Wildman–Crippen LogP) is 2.65. The zero-order valence-electron chi connectivity index (χ0n) is 18.1. The number of carbonyl (C=O) groups is 1. The summed E-state index contributed by atoms with van der Waals surface area (Å²) >= 11 is 0. The summed E-state index contributed by atoms with van der Waals surface area (Å²) < 4.78 is 30.8. The minimum Gasteiger partial charge on any atom is -0.396 e. The molecule has 0 radical (unpaired) electrons. The summed E-state index contributed by atoms with van der Waals surface area (Å²) in [7, 11) is -1.79. The van der Waals surface area contributed by atoms with E-state index in [1.165, 1.54) is 0 Å². The third-order valence-corrected chi connectivity index (χ3v) is 8.43. The van der Waals surface area contributed by atoms with Crippen molar-refractivity contribution in [3.8, 4) is 0 Å². The molecule has 0 spiro atoms. The number of sulfonamides is 1. The number of benzene rings is 2. The topological polar surface area (TPSA) is 114 Å². The van der Waals surface area contributed by atoms with Gasteiger partial charge in [-0.25, -0.2) is 13.1 Å². The second-order valence-corrected chi connectivity index (χ2v) is 10.4. The molecule has 1 saturated carbocycles. The zero-order valence-corrected chi connectivity index (χ0v) is 18.9. The number of carbonyl (C=O) groups excluding carboxylic acids is 1. The summed E-state index contributed by atoms with van der Waals surface area (Å²) in [5, 5.41) is 11.0. The van der Waals surface area contributed by atoms with Crippen LogP contribution in [0.1, 0.15) is 37.2 Å². The molecule has 1 aromatic heterocycles. The Labute approximate surface area is 188 Å². The molecule has 8 heteroatoms. The number of aromatic nitrogens is 1. The van der Waals surface area contributed by atoms with Crippen LogP contribution in [0.3, 0.4) is 0 Å². The van der Waals surface area contributed by atoms with E-state index < -0.39 is 27.3 Å². The Morgan fingerprint density at radius 3 is 2.50 bits per heavy atom. The third-order valence-electron chi connectivity index (χ3n) is 6.91. The molecule has 1 aliphatic carbocycles. The summed E-state index contributed by atoms with van der Waals surface area (Å²) in [5.74, 6) is -0.865. The van der Waals surface area contributed by atoms with Crippen LogP contribution in [0.25, 0.3) is 10.9 Å². The number of nitrogens with zero attached hydrogens (tertiary/aromatic N) is 1. The highest BCUT2D eigenvalue weighted by atomic mass is 32.2. The van der Waals surface area contributed by atoms with E-state index >= 15 is 0 Å². The van der Waals surface area contributed by atoms with Gasteiger partial charge in [0.25, 0.3) is 0 Å². The number of primary amides is 1. The number of aliphatic hydroxyl groups excluding tert-OH is 1. The molecule has 4 N–H and O–H groups in total. The van der Waals surface area contributed by atoms with Gasteiger partial charge < -0.3 is 15.4 Å². The maximum atomic E-state index is 13.0. The number of hydrogen-bond acceptors (Lipinski definition) is 4. The van der Waals surface area contributed by atoms with E-state index in [9.17, 15) is 18.3 Å². The molecule has 1 atom stereocenters. The van der Waals surface area contributed by atoms with Crippen molar-refractivity contribution >= 4 is 26.8 Å². The van der Waals surface area contributed by atoms with E-state index in [1.807, 2.05) is 54.2 Å². The van der Waals surface area contributed by atoms with Crippen molar-refractivity contribution in [3.63, 3.8) is 0 Å². The smallest absolute Gasteiger partial charge is 0.240 e. The SMILES string of the molecule is Cn1ccc2cc(S(=O)(=O)NC3CCC(C(N)=O)([C@H](CO)c4ccccc4)CC3)ccc21. The van der Waals surface area contributed by atoms with Gasteiger partial charge in [0, 0.05) is 36.1 Å². The Balaban J connectivity index is 1.51. The van der Waals surface area contributed by atoms with Gasteiger partial charge in [-0.2, -0.15) is 0 Å². The monoisotopic (exact) mass is 455 g/mol. The molecule has 170 valence electrons. The first-order valence-electron chi connectivity index (χ1n) is 10.8. The highest BCUT2D eigenvalue weighted by Gasteiger charge is 2.47. The Kier molecular flexibility index (Phi) is 6.11. The van der Waals surface area contributed by atoms with Crippen molar-refractivity contribution in [2.45, 2.75) is 42.5 Å². The molecular formula is C24H29N3O4S. The number of aryl methyl sites for hydroxylation is 1. The van der Waals surface area contributed by atoms with Gasteiger partial charge in [-0.05, 0) is 55.5 Å². The maximum absolute atomic E-state index is 13.0. The van der Waals surface area contributed by atoms with Crippen molar-refractivity contribution in [2.24, 2.45) is 18.2 Å². The summed E-state index contributed by atoms with van der Waals surface area (Å²) in [6.07, 6.45) is 3.66. The fourth-order valence-electron chi connectivity index (χ4n) is 5.02. The molecule has 0 saturated heterocycles. The summed E-state index contributed by atoms with van der Waals surface area (Å²) in [5.41, 5.74) is 6.77. The lowest BCUT2D eigenvalue weighted by molar-refractivity contribution is -0.132. The standard InChI is InChI=1S/C24H29N3O4S/c1-27-14-11-18-15-20(7-8-22(18)27)32(30,31)26-19-9-12-24(13-10-19,23(25)29)21(16-28)17-5-3-2-4-6-17/h2-8,11,14-15,19,21,26,28H,9-10,12-13,16H2,1H3,(H2,25,29)/t19?,21-,24?/m1/s1. The quantitative estimate of drug-likeness (QED) is 0.508. The first-order valence-corrected chi connectivity index (χ1v) is 12.3. The molecule has 1 fully saturated rings. The van der Waals surface area contributed by atoms with Gasteiger partial charge in [0.05, 0.1) is 16.9 Å². The Morgan fingerprint density at radius 2 is 1.88 bits per heavy atom. The summed E-state index contributed by atoms with van der Waals surface area (Å²) in [4.78, 5) is 12.8. The lowest BCUT2D eigenvalue weighted by Crippen LogP contribution is -2.49. The number of nitrogens with one attached hydrogen (secondary N) is 1. The molecule has 1 aliphatic rings. The average molecular weight is 456 g/mol. The lowest BCUT2D eigenvalue weighted by Gasteiger charge is -2.43. The van der Waals surface area contributed by atoms with Crippen LogP contribution in [-0.4, -0.2) is 36.6 Å². The van der Waals surface area contributed by atoms with E-state index in [-0.39, 0.29) is 17.5 Å². The average Bonchev–Trinajstić information content (AvgIpc) is 3.16. The van der Waals surface area contributed by atoms with Crippen LogP contribution in [0.15, 0.2) is 65.7 Å². The van der Waals surface area contributed by atoms with Crippen LogP contribution in [0.5, 0.6) is 0 Å². The van der Waals surface area contributed by atoms with E-state index in [4.69, 9.17) is 5.73 Å². The number of amides is 1. The van der Waals surface area contributed by atoms with Crippen LogP contribution in [0, 0.1) is 5.41 Å². The normalized spacial score (nSPS) is 22.6. The van der Waals surface area contributed by atoms with Gasteiger partial charge in [-0.1, -0.05) is 30.3 Å². The number of rotatable bonds is 7. The maximum Gasteiger partial charge on any atom is 0.240 e. The Morgan fingerprint density at radius 1 is 1.19 bits per heavy atom. The first-order chi connectivity index (χ1) is 15.3. The third kappa shape index (κ3) is 4.05. The van der Waals surface area contributed by atoms with Gasteiger partial charge in [0.1, 0.15) is 0 Å². The zero-order chi connectivity index (χ0) is 22.9. The van der Waals surface area contributed by atoms with Crippen molar-refractivity contribution in [1.82, 2.24) is 9.29 Å². The highest BCUT2D eigenvalue weighted by molar-refractivity contribution is 7.89. The van der Waals surface area contributed by atoms with E-state index in [2.05, 4.69) is 4.72 Å². The molecule has 3 aromatic rings. The second-order valence-electron chi connectivity index (χ2n) is 8.71. The lowest BCUT2D eigenvalue weighted by atomic mass is 9.62. The molecule has 4 rings (SSSR count). The predicted molar refractivity (Wildman–Crippen MR) is 123 cm³/mol. The molecular weight excluding hydrogens is 426 g/mol. The van der Waals surface area contributed by atoms with Crippen molar-refractivity contribution in [3.05, 3.63) is 66.4 Å². The molecule has 7 nitrogen and oxygen atoms in total. The van der Waals surface area contributed by atoms with Gasteiger partial charge >= 0.3 is 0 Å². The molecule has 0 bridgehead atoms. The first kappa shape index (κ1) is 22.5. The van der Waals surface area contributed by atoms with Gasteiger partial charge in [0.2, 0.25) is 15.9 Å². The van der Waals surface area contributed by atoms with E-state index in [0.717, 1.165) is 16.5 Å². The van der Waals surface area contributed by atoms with Crippen LogP contribution in [0.2, 0.25) is 0 Å². The van der Waals surface area contributed by atoms with Gasteiger partial charge in [-0.15, -0.1) is 0 Å². The van der Waals surface area contributed by atoms with Crippen molar-refractivity contribution < 1.29 is 18.3 Å². The molecule has 1 heterocycles. The largest absolute Gasteiger partial charge is 0.396 e. The van der Waals surface area contributed by atoms with E-state index in [0.29, 0.717) is 25.7 Å². The number of fused-ring (bicyclic) bond motifs is 1. The Bertz CT molecular complexity index is 1210. The second kappa shape index (κ2) is 8.69. The number of nitrogens with two attached hydrogens (primary N) is 1. The fraction of sp³-hybridized carbons (Fsp3) is 0.375. The van der Waals surface area contributed by atoms with Crippen LogP contribution < -0.4 is 10.5 Å². The minimum absolute atomic E-state index is 0.194. The Hall–Kier alpha value is -2.68. The fourth-order valence-corrected chi connectivity index (χ4v) is 6.36. The number of aliphatic hydroxyl groups is 1. The summed E-state index contributed by atoms with van der Waals surface area (Å²) in [6, 6.07) is 16.1.